The third kappa shape index (κ3) is 2.89. The van der Waals surface area contributed by atoms with E-state index in [9.17, 15) is 20.4 Å². The van der Waals surface area contributed by atoms with E-state index in [1.807, 2.05) is 0 Å². The van der Waals surface area contributed by atoms with E-state index in [1.165, 1.54) is 0 Å². The van der Waals surface area contributed by atoms with E-state index >= 15 is 0 Å². The van der Waals surface area contributed by atoms with Gasteiger partial charge in [0.2, 0.25) is 0 Å². The number of nitrogens with one attached hydrogen (secondary N) is 1. The second-order valence-electron chi connectivity index (χ2n) is 4.11. The lowest BCUT2D eigenvalue weighted by molar-refractivity contribution is -0.148. The van der Waals surface area contributed by atoms with Crippen LogP contribution in [0.1, 0.15) is 6.42 Å². The van der Waals surface area contributed by atoms with E-state index in [4.69, 9.17) is 10.2 Å². The molecular weight excluding hydrogens is 218 g/mol. The molecule has 1 rings (SSSR count). The van der Waals surface area contributed by atoms with E-state index in [-0.39, 0.29) is 19.6 Å². The van der Waals surface area contributed by atoms with Crippen LogP contribution < -0.4 is 5.32 Å². The Bertz CT molecular complexity index is 212. The second-order valence-corrected chi connectivity index (χ2v) is 4.11. The van der Waals surface area contributed by atoms with E-state index in [0.717, 1.165) is 0 Å². The van der Waals surface area contributed by atoms with Gasteiger partial charge in [0.1, 0.15) is 12.2 Å². The van der Waals surface area contributed by atoms with Gasteiger partial charge in [-0.15, -0.1) is 0 Å². The van der Waals surface area contributed by atoms with Crippen LogP contribution in [0.15, 0.2) is 0 Å². The lowest BCUT2D eigenvalue weighted by atomic mass is 9.85. The van der Waals surface area contributed by atoms with E-state index in [0.29, 0.717) is 0 Å². The van der Waals surface area contributed by atoms with Crippen molar-refractivity contribution in [3.8, 4) is 0 Å². The lowest BCUT2D eigenvalue weighted by Crippen LogP contribution is -2.62. The highest BCUT2D eigenvalue weighted by Gasteiger charge is 2.42. The molecule has 7 nitrogen and oxygen atoms in total. The van der Waals surface area contributed by atoms with Gasteiger partial charge in [0.05, 0.1) is 31.5 Å². The van der Waals surface area contributed by atoms with Crippen LogP contribution in [-0.2, 0) is 0 Å². The highest BCUT2D eigenvalue weighted by molar-refractivity contribution is 4.97. The molecule has 7 heteroatoms. The Morgan fingerprint density at radius 2 is 1.50 bits per heavy atom. The second kappa shape index (κ2) is 5.87. The summed E-state index contributed by atoms with van der Waals surface area (Å²) in [5.41, 5.74) is 0. The van der Waals surface area contributed by atoms with Gasteiger partial charge in [0.25, 0.3) is 0 Å². The van der Waals surface area contributed by atoms with Crippen LogP contribution in [0.25, 0.3) is 0 Å². The highest BCUT2D eigenvalue weighted by Crippen LogP contribution is 2.21. The van der Waals surface area contributed by atoms with Crippen LogP contribution >= 0.6 is 0 Å². The van der Waals surface area contributed by atoms with Crippen molar-refractivity contribution >= 4 is 0 Å². The first-order valence-electron chi connectivity index (χ1n) is 5.21. The first kappa shape index (κ1) is 13.8. The molecule has 0 saturated heterocycles. The van der Waals surface area contributed by atoms with Crippen molar-refractivity contribution in [2.75, 3.05) is 13.2 Å². The van der Waals surface area contributed by atoms with Gasteiger partial charge in [-0.2, -0.15) is 0 Å². The van der Waals surface area contributed by atoms with Crippen LogP contribution in [0.3, 0.4) is 0 Å². The van der Waals surface area contributed by atoms with Gasteiger partial charge in [-0.25, -0.2) is 0 Å². The average Bonchev–Trinajstić information content (AvgIpc) is 2.29. The fourth-order valence-corrected chi connectivity index (χ4v) is 1.84. The molecule has 16 heavy (non-hydrogen) atoms. The van der Waals surface area contributed by atoms with Gasteiger partial charge in [-0.3, -0.25) is 0 Å². The Balaban J connectivity index is 2.59. The maximum Gasteiger partial charge on any atom is 0.110 e. The fraction of sp³-hybridized carbons (Fsp3) is 1.00. The molecule has 0 amide bonds. The van der Waals surface area contributed by atoms with Gasteiger partial charge < -0.3 is 36.0 Å². The van der Waals surface area contributed by atoms with Crippen LogP contribution in [0.2, 0.25) is 0 Å². The Morgan fingerprint density at radius 1 is 0.938 bits per heavy atom. The topological polar surface area (TPSA) is 133 Å². The summed E-state index contributed by atoms with van der Waals surface area (Å²) in [5, 5.41) is 58.1. The van der Waals surface area contributed by atoms with E-state index in [1.54, 1.807) is 0 Å². The van der Waals surface area contributed by atoms with Crippen LogP contribution in [0.4, 0.5) is 0 Å². The molecule has 1 aliphatic rings. The van der Waals surface area contributed by atoms with Crippen molar-refractivity contribution < 1.29 is 30.6 Å². The summed E-state index contributed by atoms with van der Waals surface area (Å²) in [7, 11) is 0. The lowest BCUT2D eigenvalue weighted by Gasteiger charge is -2.39. The minimum atomic E-state index is -1.45. The number of hydrogen-bond donors (Lipinski definition) is 7. The summed E-state index contributed by atoms with van der Waals surface area (Å²) in [4.78, 5) is 0. The zero-order chi connectivity index (χ0) is 12.3. The van der Waals surface area contributed by atoms with Crippen LogP contribution in [-0.4, -0.2) is 80.4 Å². The van der Waals surface area contributed by atoms with Crippen molar-refractivity contribution in [2.45, 2.75) is 42.9 Å². The third-order valence-electron chi connectivity index (χ3n) is 2.89. The molecule has 5 atom stereocenters. The zero-order valence-corrected chi connectivity index (χ0v) is 8.77. The molecule has 1 fully saturated rings. The van der Waals surface area contributed by atoms with Crippen molar-refractivity contribution in [1.29, 1.82) is 0 Å². The minimum Gasteiger partial charge on any atom is -0.395 e. The van der Waals surface area contributed by atoms with Gasteiger partial charge in [0, 0.05) is 6.04 Å². The van der Waals surface area contributed by atoms with Crippen LogP contribution in [0.5, 0.6) is 0 Å². The quantitative estimate of drug-likeness (QED) is 0.266. The van der Waals surface area contributed by atoms with Crippen molar-refractivity contribution in [3.05, 3.63) is 0 Å². The molecule has 1 aliphatic carbocycles. The Labute approximate surface area is 93.0 Å². The predicted molar refractivity (Wildman–Crippen MR) is 53.5 cm³/mol. The summed E-state index contributed by atoms with van der Waals surface area (Å²) in [6.07, 6.45) is -5.18. The monoisotopic (exact) mass is 237 g/mol. The van der Waals surface area contributed by atoms with E-state index < -0.39 is 36.5 Å². The maximum atomic E-state index is 9.62. The largest absolute Gasteiger partial charge is 0.395 e. The molecule has 0 unspecified atom stereocenters. The molecular formula is C9H19NO6. The average molecular weight is 237 g/mol. The number of rotatable bonds is 4. The van der Waals surface area contributed by atoms with Gasteiger partial charge in [0.15, 0.2) is 0 Å². The van der Waals surface area contributed by atoms with Crippen molar-refractivity contribution in [1.82, 2.24) is 5.32 Å². The van der Waals surface area contributed by atoms with Crippen molar-refractivity contribution in [3.63, 3.8) is 0 Å². The molecule has 0 bridgehead atoms. The zero-order valence-electron chi connectivity index (χ0n) is 8.77. The molecule has 0 radical (unpaired) electrons. The number of hydrogen-bond acceptors (Lipinski definition) is 7. The molecule has 0 spiro atoms. The fourth-order valence-electron chi connectivity index (χ4n) is 1.84. The highest BCUT2D eigenvalue weighted by atomic mass is 16.4. The molecule has 96 valence electrons. The minimum absolute atomic E-state index is 0.0376. The predicted octanol–water partition coefficient (Wildman–Crippen LogP) is -3.85. The van der Waals surface area contributed by atoms with Crippen LogP contribution in [0, 0.1) is 0 Å². The smallest absolute Gasteiger partial charge is 0.110 e. The van der Waals surface area contributed by atoms with Gasteiger partial charge in [-0.05, 0) is 6.42 Å². The Morgan fingerprint density at radius 3 is 2.00 bits per heavy atom. The molecule has 1 saturated carbocycles. The Hall–Kier alpha value is -0.280. The first-order valence-corrected chi connectivity index (χ1v) is 5.21. The SMILES string of the molecule is OCC(CO)N[C@H]1C[C@@H](O)[C@H](O)[C@@H](O)[C@H]1O. The molecule has 0 aromatic heterocycles. The summed E-state index contributed by atoms with van der Waals surface area (Å²) < 4.78 is 0. The molecule has 0 heterocycles. The maximum absolute atomic E-state index is 9.62. The third-order valence-corrected chi connectivity index (χ3v) is 2.89. The number of aliphatic hydroxyl groups is 6. The molecule has 0 aromatic rings. The molecule has 7 N–H and O–H groups in total. The summed E-state index contributed by atoms with van der Waals surface area (Å²) in [6, 6.07) is -1.31. The van der Waals surface area contributed by atoms with E-state index in [2.05, 4.69) is 5.32 Å². The number of aliphatic hydroxyl groups excluding tert-OH is 6. The summed E-state index contributed by atoms with van der Waals surface area (Å²) in [6.45, 7) is -0.650. The van der Waals surface area contributed by atoms with Gasteiger partial charge >= 0.3 is 0 Å². The molecule has 0 aromatic carbocycles. The standard InChI is InChI=1S/C9H19NO6/c11-2-4(3-12)10-5-1-6(13)8(15)9(16)7(5)14/h4-16H,1-3H2/t5-,6+,7-,8-,9-/m0/s1. The molecule has 0 aliphatic heterocycles. The Kier molecular flexibility index (Phi) is 5.06. The van der Waals surface area contributed by atoms with Gasteiger partial charge in [-0.1, -0.05) is 0 Å². The normalized spacial score (nSPS) is 40.3. The summed E-state index contributed by atoms with van der Waals surface area (Å²) in [5.74, 6) is 0. The first-order chi connectivity index (χ1) is 7.51. The summed E-state index contributed by atoms with van der Waals surface area (Å²) >= 11 is 0. The van der Waals surface area contributed by atoms with Crippen molar-refractivity contribution in [2.24, 2.45) is 0 Å².